The fraction of sp³-hybridized carbons (Fsp3) is 0.750. The van der Waals surface area contributed by atoms with Crippen LogP contribution in [-0.4, -0.2) is 39.3 Å². The molecule has 2 heterocycles. The van der Waals surface area contributed by atoms with Crippen molar-refractivity contribution in [3.63, 3.8) is 0 Å². The SMILES string of the molecule is C[C@H]1C[C@@]23CCC4(O2)C(=CC[C@]2(C)/C(=N\N)CC[C@@H]42)C=C3[C@@H](O)[C@@H]1O. The first-order valence-electron chi connectivity index (χ1n) is 9.63. The van der Waals surface area contributed by atoms with Crippen LogP contribution in [0.1, 0.15) is 52.4 Å². The maximum atomic E-state index is 10.7. The van der Waals surface area contributed by atoms with Gasteiger partial charge in [0, 0.05) is 17.0 Å². The largest absolute Gasteiger partial charge is 0.390 e. The summed E-state index contributed by atoms with van der Waals surface area (Å²) < 4.78 is 6.94. The molecule has 5 nitrogen and oxygen atoms in total. The van der Waals surface area contributed by atoms with Gasteiger partial charge in [-0.3, -0.25) is 0 Å². The fourth-order valence-electron chi connectivity index (χ4n) is 6.72. The third-order valence-corrected chi connectivity index (χ3v) is 8.04. The first-order valence-corrected chi connectivity index (χ1v) is 9.63. The van der Waals surface area contributed by atoms with E-state index in [0.29, 0.717) is 5.92 Å². The van der Waals surface area contributed by atoms with Crippen LogP contribution < -0.4 is 5.84 Å². The van der Waals surface area contributed by atoms with E-state index in [4.69, 9.17) is 10.6 Å². The molecule has 5 rings (SSSR count). The number of ether oxygens (including phenoxy) is 1. The lowest BCUT2D eigenvalue weighted by molar-refractivity contribution is -0.158. The zero-order valence-corrected chi connectivity index (χ0v) is 15.0. The number of hydrogen-bond donors (Lipinski definition) is 3. The summed E-state index contributed by atoms with van der Waals surface area (Å²) in [4.78, 5) is 0. The number of allylic oxidation sites excluding steroid dienone is 1. The number of aliphatic hydroxyl groups is 2. The summed E-state index contributed by atoms with van der Waals surface area (Å²) >= 11 is 0. The number of fused-ring (bicyclic) bond motifs is 1. The molecular formula is C20H28N2O3. The highest BCUT2D eigenvalue weighted by atomic mass is 16.5. The second-order valence-corrected chi connectivity index (χ2v) is 9.15. The van der Waals surface area contributed by atoms with Crippen molar-refractivity contribution < 1.29 is 14.9 Å². The molecule has 0 aromatic carbocycles. The smallest absolute Gasteiger partial charge is 0.104 e. The van der Waals surface area contributed by atoms with Crippen LogP contribution in [0.5, 0.6) is 0 Å². The minimum absolute atomic E-state index is 0.0203. The molecule has 5 heteroatoms. The molecule has 136 valence electrons. The minimum Gasteiger partial charge on any atom is -0.390 e. The number of rotatable bonds is 0. The van der Waals surface area contributed by atoms with E-state index in [1.807, 2.05) is 6.92 Å². The Balaban J connectivity index is 1.65. The molecule has 25 heavy (non-hydrogen) atoms. The molecule has 2 saturated carbocycles. The van der Waals surface area contributed by atoms with Gasteiger partial charge in [-0.2, -0.15) is 5.10 Å². The van der Waals surface area contributed by atoms with Gasteiger partial charge in [0.05, 0.1) is 17.3 Å². The molecule has 2 bridgehead atoms. The van der Waals surface area contributed by atoms with Crippen LogP contribution in [0.2, 0.25) is 0 Å². The lowest BCUT2D eigenvalue weighted by Gasteiger charge is -2.54. The number of nitrogens with zero attached hydrogens (tertiary/aromatic N) is 1. The Hall–Kier alpha value is -1.17. The van der Waals surface area contributed by atoms with Crippen LogP contribution in [-0.2, 0) is 4.74 Å². The number of aliphatic hydroxyl groups excluding tert-OH is 2. The zero-order chi connectivity index (χ0) is 17.6. The average Bonchev–Trinajstić information content (AvgIpc) is 3.09. The molecule has 3 fully saturated rings. The van der Waals surface area contributed by atoms with Crippen molar-refractivity contribution in [3.05, 3.63) is 23.3 Å². The van der Waals surface area contributed by atoms with E-state index in [2.05, 4.69) is 24.2 Å². The van der Waals surface area contributed by atoms with Gasteiger partial charge >= 0.3 is 0 Å². The number of nitrogens with two attached hydrogens (primary N) is 1. The number of hydrogen-bond acceptors (Lipinski definition) is 5. The highest BCUT2D eigenvalue weighted by Gasteiger charge is 2.67. The predicted molar refractivity (Wildman–Crippen MR) is 94.8 cm³/mol. The molecule has 2 aliphatic heterocycles. The van der Waals surface area contributed by atoms with Gasteiger partial charge in [-0.1, -0.05) is 26.0 Å². The molecule has 0 amide bonds. The van der Waals surface area contributed by atoms with Gasteiger partial charge in [0.2, 0.25) is 0 Å². The molecule has 1 saturated heterocycles. The summed E-state index contributed by atoms with van der Waals surface area (Å²) in [5.74, 6) is 6.12. The van der Waals surface area contributed by atoms with Crippen molar-refractivity contribution in [2.24, 2.45) is 28.2 Å². The quantitative estimate of drug-likeness (QED) is 0.463. The standard InChI is InChI=1S/C20H28N2O3/c1-11-10-19-7-8-20(25-19)12(9-13(19)17(24)16(11)23)5-6-18(2)14(20)3-4-15(18)22-21/h5,9,11,14,16-17,23-24H,3-4,6-8,10,21H2,1-2H3/b22-15-/t11-,14+,16+,17+,18-,19+,20?/m0/s1. The van der Waals surface area contributed by atoms with Crippen LogP contribution in [0.3, 0.4) is 0 Å². The summed E-state index contributed by atoms with van der Waals surface area (Å²) in [6.45, 7) is 4.30. The van der Waals surface area contributed by atoms with E-state index in [1.54, 1.807) is 0 Å². The van der Waals surface area contributed by atoms with Crippen molar-refractivity contribution in [2.45, 2.75) is 75.8 Å². The van der Waals surface area contributed by atoms with Crippen molar-refractivity contribution in [1.82, 2.24) is 0 Å². The van der Waals surface area contributed by atoms with Gasteiger partial charge in [-0.05, 0) is 55.6 Å². The van der Waals surface area contributed by atoms with E-state index >= 15 is 0 Å². The lowest BCUT2D eigenvalue weighted by atomic mass is 9.60. The second kappa shape index (κ2) is 4.76. The Morgan fingerprint density at radius 1 is 1.32 bits per heavy atom. The van der Waals surface area contributed by atoms with Crippen molar-refractivity contribution in [3.8, 4) is 0 Å². The lowest BCUT2D eigenvalue weighted by Crippen LogP contribution is -2.58. The van der Waals surface area contributed by atoms with Crippen molar-refractivity contribution in [2.75, 3.05) is 0 Å². The van der Waals surface area contributed by atoms with E-state index < -0.39 is 17.8 Å². The van der Waals surface area contributed by atoms with Crippen LogP contribution in [0, 0.1) is 17.3 Å². The normalized spacial score (nSPS) is 55.3. The molecule has 7 atom stereocenters. The Bertz CT molecular complexity index is 728. The van der Waals surface area contributed by atoms with Crippen molar-refractivity contribution >= 4 is 5.71 Å². The van der Waals surface area contributed by atoms with E-state index in [0.717, 1.165) is 49.8 Å². The molecular weight excluding hydrogens is 316 g/mol. The topological polar surface area (TPSA) is 88.1 Å². The van der Waals surface area contributed by atoms with Crippen LogP contribution in [0.4, 0.5) is 0 Å². The van der Waals surface area contributed by atoms with Gasteiger partial charge in [0.15, 0.2) is 0 Å². The maximum Gasteiger partial charge on any atom is 0.104 e. The molecule has 0 radical (unpaired) electrons. The summed E-state index contributed by atoms with van der Waals surface area (Å²) in [5.41, 5.74) is 2.52. The third kappa shape index (κ3) is 1.72. The number of hydrazone groups is 1. The Morgan fingerprint density at radius 3 is 2.88 bits per heavy atom. The van der Waals surface area contributed by atoms with Gasteiger partial charge < -0.3 is 20.8 Å². The van der Waals surface area contributed by atoms with Gasteiger partial charge in [0.1, 0.15) is 6.10 Å². The Morgan fingerprint density at radius 2 is 2.12 bits per heavy atom. The second-order valence-electron chi connectivity index (χ2n) is 9.15. The molecule has 5 aliphatic rings. The average molecular weight is 344 g/mol. The highest BCUT2D eigenvalue weighted by Crippen LogP contribution is 2.66. The van der Waals surface area contributed by atoms with Gasteiger partial charge in [0.25, 0.3) is 0 Å². The molecule has 3 aliphatic carbocycles. The first kappa shape index (κ1) is 16.0. The third-order valence-electron chi connectivity index (χ3n) is 8.04. The van der Waals surface area contributed by atoms with E-state index in [1.165, 1.54) is 5.57 Å². The van der Waals surface area contributed by atoms with Crippen LogP contribution in [0.15, 0.2) is 28.4 Å². The minimum atomic E-state index is -0.821. The van der Waals surface area contributed by atoms with Gasteiger partial charge in [-0.15, -0.1) is 0 Å². The first-order chi connectivity index (χ1) is 11.9. The molecule has 0 aromatic heterocycles. The Kier molecular flexibility index (Phi) is 3.05. The molecule has 0 aromatic rings. The van der Waals surface area contributed by atoms with E-state index in [-0.39, 0.29) is 16.9 Å². The monoisotopic (exact) mass is 344 g/mol. The van der Waals surface area contributed by atoms with Crippen molar-refractivity contribution in [1.29, 1.82) is 0 Å². The predicted octanol–water partition coefficient (Wildman–Crippen LogP) is 2.04. The summed E-state index contributed by atoms with van der Waals surface area (Å²) in [7, 11) is 0. The summed E-state index contributed by atoms with van der Waals surface area (Å²) in [6, 6.07) is 0. The zero-order valence-electron chi connectivity index (χ0n) is 15.0. The fourth-order valence-corrected chi connectivity index (χ4v) is 6.72. The summed E-state index contributed by atoms with van der Waals surface area (Å²) in [5, 5.41) is 25.2. The molecule has 4 N–H and O–H groups in total. The summed E-state index contributed by atoms with van der Waals surface area (Å²) in [6.07, 6.45) is 8.52. The molecule has 1 unspecified atom stereocenters. The molecule has 2 spiro atoms. The van der Waals surface area contributed by atoms with E-state index in [9.17, 15) is 10.2 Å². The van der Waals surface area contributed by atoms with Crippen LogP contribution in [0.25, 0.3) is 0 Å². The van der Waals surface area contributed by atoms with Crippen LogP contribution >= 0.6 is 0 Å². The Labute approximate surface area is 148 Å². The van der Waals surface area contributed by atoms with Gasteiger partial charge in [-0.25, -0.2) is 0 Å². The maximum absolute atomic E-state index is 10.7. The highest BCUT2D eigenvalue weighted by molar-refractivity contribution is 5.93.